The van der Waals surface area contributed by atoms with Gasteiger partial charge in [-0.15, -0.1) is 0 Å². The quantitative estimate of drug-likeness (QED) is 0.533. The predicted molar refractivity (Wildman–Crippen MR) is 115 cm³/mol. The van der Waals surface area contributed by atoms with Crippen LogP contribution in [0.4, 0.5) is 10.5 Å². The van der Waals surface area contributed by atoms with Crippen molar-refractivity contribution in [1.82, 2.24) is 9.88 Å². The first-order chi connectivity index (χ1) is 14.3. The van der Waals surface area contributed by atoms with Crippen molar-refractivity contribution in [1.29, 1.82) is 0 Å². The molecule has 0 radical (unpaired) electrons. The summed E-state index contributed by atoms with van der Waals surface area (Å²) in [5.74, 6) is -1.35. The van der Waals surface area contributed by atoms with Crippen LogP contribution in [0.1, 0.15) is 22.4 Å². The summed E-state index contributed by atoms with van der Waals surface area (Å²) in [7, 11) is 0. The van der Waals surface area contributed by atoms with Gasteiger partial charge in [0.25, 0.3) is 11.8 Å². The van der Waals surface area contributed by atoms with Gasteiger partial charge in [-0.05, 0) is 74.4 Å². The molecule has 0 saturated carbocycles. The lowest BCUT2D eigenvalue weighted by atomic mass is 10.1. The van der Waals surface area contributed by atoms with Gasteiger partial charge in [0, 0.05) is 17.6 Å². The molecule has 0 unspecified atom stereocenters. The SMILES string of the molecule is Cc1ccc(-n2cccc2/C=C2\C(=O)NC(=O)N(c3cc(C)cc(C)c3)C2=O)cc1. The van der Waals surface area contributed by atoms with E-state index in [0.29, 0.717) is 11.4 Å². The highest BCUT2D eigenvalue weighted by Gasteiger charge is 2.37. The molecule has 0 aliphatic carbocycles. The first kappa shape index (κ1) is 19.4. The van der Waals surface area contributed by atoms with Crippen LogP contribution in [0.3, 0.4) is 0 Å². The molecule has 150 valence electrons. The topological polar surface area (TPSA) is 71.4 Å². The van der Waals surface area contributed by atoms with E-state index >= 15 is 0 Å². The van der Waals surface area contributed by atoms with Gasteiger partial charge >= 0.3 is 6.03 Å². The number of imide groups is 2. The Bertz CT molecular complexity index is 1180. The molecule has 1 aliphatic rings. The van der Waals surface area contributed by atoms with Crippen molar-refractivity contribution in [3.05, 3.63) is 88.8 Å². The number of nitrogens with zero attached hydrogens (tertiary/aromatic N) is 2. The summed E-state index contributed by atoms with van der Waals surface area (Å²) in [5.41, 5.74) is 4.87. The fourth-order valence-corrected chi connectivity index (χ4v) is 3.57. The zero-order valence-corrected chi connectivity index (χ0v) is 17.0. The highest BCUT2D eigenvalue weighted by atomic mass is 16.2. The van der Waals surface area contributed by atoms with Gasteiger partial charge in [-0.25, -0.2) is 9.69 Å². The Morgan fingerprint density at radius 1 is 0.800 bits per heavy atom. The molecule has 6 nitrogen and oxygen atoms in total. The fraction of sp³-hybridized carbons (Fsp3) is 0.125. The molecular weight excluding hydrogens is 378 g/mol. The van der Waals surface area contributed by atoms with Gasteiger partial charge in [0.2, 0.25) is 0 Å². The number of hydrogen-bond donors (Lipinski definition) is 1. The molecular formula is C24H21N3O3. The van der Waals surface area contributed by atoms with Crippen LogP contribution in [-0.4, -0.2) is 22.4 Å². The number of hydrogen-bond acceptors (Lipinski definition) is 3. The van der Waals surface area contributed by atoms with E-state index in [-0.39, 0.29) is 5.57 Å². The molecule has 1 fully saturated rings. The average Bonchev–Trinajstić information content (AvgIpc) is 3.13. The normalized spacial score (nSPS) is 15.6. The summed E-state index contributed by atoms with van der Waals surface area (Å²) in [6, 6.07) is 16.2. The maximum absolute atomic E-state index is 13.2. The number of amides is 4. The van der Waals surface area contributed by atoms with Gasteiger partial charge in [-0.2, -0.15) is 0 Å². The van der Waals surface area contributed by atoms with Gasteiger partial charge in [-0.1, -0.05) is 23.8 Å². The number of carbonyl (C=O) groups is 3. The highest BCUT2D eigenvalue weighted by molar-refractivity contribution is 6.39. The van der Waals surface area contributed by atoms with Gasteiger partial charge in [0.1, 0.15) is 5.57 Å². The van der Waals surface area contributed by atoms with Gasteiger partial charge in [0.05, 0.1) is 5.69 Å². The number of carbonyl (C=O) groups excluding carboxylic acids is 3. The Morgan fingerprint density at radius 3 is 2.13 bits per heavy atom. The summed E-state index contributed by atoms with van der Waals surface area (Å²) in [5, 5.41) is 2.28. The van der Waals surface area contributed by atoms with Crippen LogP contribution in [0.2, 0.25) is 0 Å². The van der Waals surface area contributed by atoms with E-state index in [2.05, 4.69) is 5.32 Å². The summed E-state index contributed by atoms with van der Waals surface area (Å²) < 4.78 is 1.88. The monoisotopic (exact) mass is 399 g/mol. The summed E-state index contributed by atoms with van der Waals surface area (Å²) >= 11 is 0. The van der Waals surface area contributed by atoms with Crippen molar-refractivity contribution in [2.75, 3.05) is 4.90 Å². The van der Waals surface area contributed by atoms with Crippen molar-refractivity contribution in [2.24, 2.45) is 0 Å². The molecule has 6 heteroatoms. The van der Waals surface area contributed by atoms with E-state index in [0.717, 1.165) is 27.3 Å². The van der Waals surface area contributed by atoms with Crippen molar-refractivity contribution in [3.63, 3.8) is 0 Å². The molecule has 4 amide bonds. The van der Waals surface area contributed by atoms with Gasteiger partial charge in [-0.3, -0.25) is 14.9 Å². The van der Waals surface area contributed by atoms with Crippen LogP contribution in [0.25, 0.3) is 11.8 Å². The maximum atomic E-state index is 13.2. The summed E-state index contributed by atoms with van der Waals surface area (Å²) in [6.45, 7) is 5.78. The second-order valence-corrected chi connectivity index (χ2v) is 7.44. The van der Waals surface area contributed by atoms with Crippen LogP contribution in [0, 0.1) is 20.8 Å². The molecule has 1 saturated heterocycles. The third-order valence-corrected chi connectivity index (χ3v) is 4.95. The minimum Gasteiger partial charge on any atom is -0.317 e. The lowest BCUT2D eigenvalue weighted by Gasteiger charge is -2.27. The Labute approximate surface area is 174 Å². The van der Waals surface area contributed by atoms with Crippen molar-refractivity contribution in [3.8, 4) is 5.69 Å². The third-order valence-electron chi connectivity index (χ3n) is 4.95. The third kappa shape index (κ3) is 3.55. The van der Waals surface area contributed by atoms with Crippen LogP contribution in [-0.2, 0) is 9.59 Å². The first-order valence-electron chi connectivity index (χ1n) is 9.57. The molecule has 1 N–H and O–H groups in total. The van der Waals surface area contributed by atoms with Crippen molar-refractivity contribution in [2.45, 2.75) is 20.8 Å². The molecule has 1 aromatic heterocycles. The number of rotatable bonds is 3. The highest BCUT2D eigenvalue weighted by Crippen LogP contribution is 2.25. The van der Waals surface area contributed by atoms with Crippen LogP contribution >= 0.6 is 0 Å². The van der Waals surface area contributed by atoms with Crippen LogP contribution in [0.5, 0.6) is 0 Å². The molecule has 2 aromatic carbocycles. The Balaban J connectivity index is 1.76. The number of barbiturate groups is 1. The second kappa shape index (κ2) is 7.48. The van der Waals surface area contributed by atoms with E-state index in [9.17, 15) is 14.4 Å². The van der Waals surface area contributed by atoms with Crippen LogP contribution < -0.4 is 10.2 Å². The van der Waals surface area contributed by atoms with Gasteiger partial charge < -0.3 is 4.57 Å². The first-order valence-corrected chi connectivity index (χ1v) is 9.57. The zero-order chi connectivity index (χ0) is 21.4. The number of benzene rings is 2. The predicted octanol–water partition coefficient (Wildman–Crippen LogP) is 4.07. The standard InChI is InChI=1S/C24H21N3O3/c1-15-6-8-18(9-7-15)26-10-4-5-19(26)14-21-22(28)25-24(30)27(23(21)29)20-12-16(2)11-17(3)13-20/h4-14H,1-3H3,(H,25,28,30)/b21-14+. The molecule has 2 heterocycles. The van der Waals surface area contributed by atoms with Crippen molar-refractivity contribution >= 4 is 29.6 Å². The number of anilines is 1. The molecule has 1 aliphatic heterocycles. The lowest BCUT2D eigenvalue weighted by Crippen LogP contribution is -2.54. The Morgan fingerprint density at radius 2 is 1.47 bits per heavy atom. The molecule has 0 spiro atoms. The number of urea groups is 1. The minimum absolute atomic E-state index is 0.0965. The van der Waals surface area contributed by atoms with Gasteiger partial charge in [0.15, 0.2) is 0 Å². The average molecular weight is 399 g/mol. The molecule has 30 heavy (non-hydrogen) atoms. The summed E-state index contributed by atoms with van der Waals surface area (Å²) in [6.07, 6.45) is 3.37. The van der Waals surface area contributed by atoms with Crippen molar-refractivity contribution < 1.29 is 14.4 Å². The minimum atomic E-state index is -0.749. The molecule has 3 aromatic rings. The fourth-order valence-electron chi connectivity index (χ4n) is 3.57. The largest absolute Gasteiger partial charge is 0.335 e. The number of nitrogens with one attached hydrogen (secondary N) is 1. The number of aromatic nitrogens is 1. The van der Waals surface area contributed by atoms with E-state index in [1.54, 1.807) is 12.1 Å². The Hall–Kier alpha value is -3.93. The molecule has 0 atom stereocenters. The smallest absolute Gasteiger partial charge is 0.317 e. The van der Waals surface area contributed by atoms with E-state index in [4.69, 9.17) is 0 Å². The zero-order valence-electron chi connectivity index (χ0n) is 17.0. The maximum Gasteiger partial charge on any atom is 0.335 e. The number of aryl methyl sites for hydroxylation is 3. The second-order valence-electron chi connectivity index (χ2n) is 7.44. The molecule has 0 bridgehead atoms. The van der Waals surface area contributed by atoms with Crippen LogP contribution in [0.15, 0.2) is 66.4 Å². The summed E-state index contributed by atoms with van der Waals surface area (Å²) in [4.78, 5) is 39.1. The van der Waals surface area contributed by atoms with E-state index in [1.807, 2.05) is 74.0 Å². The molecule has 4 rings (SSSR count). The van der Waals surface area contributed by atoms with E-state index < -0.39 is 17.8 Å². The van der Waals surface area contributed by atoms with E-state index in [1.165, 1.54) is 6.08 Å². The lowest BCUT2D eigenvalue weighted by molar-refractivity contribution is -0.122. The Kier molecular flexibility index (Phi) is 4.83.